The number of aliphatic hydroxyl groups excluding tert-OH is 2. The third-order valence-electron chi connectivity index (χ3n) is 9.59. The van der Waals surface area contributed by atoms with Crippen molar-refractivity contribution in [1.82, 2.24) is 10.6 Å². The number of thioether (sulfide) groups is 1. The highest BCUT2D eigenvalue weighted by atomic mass is 35.5. The fourth-order valence-electron chi connectivity index (χ4n) is 6.68. The molecule has 2 fully saturated rings. The molecule has 0 aromatic rings. The van der Waals surface area contributed by atoms with Gasteiger partial charge in [-0.2, -0.15) is 0 Å². The Balaban J connectivity index is 1.76. The van der Waals surface area contributed by atoms with Crippen LogP contribution in [-0.2, 0) is 19.1 Å². The number of hydrogen-bond donors (Lipinski definition) is 4. The van der Waals surface area contributed by atoms with Crippen LogP contribution in [0.4, 0.5) is 4.39 Å². The molecule has 0 saturated carbocycles. The van der Waals surface area contributed by atoms with Gasteiger partial charge in [-0.15, -0.1) is 23.4 Å². The van der Waals surface area contributed by atoms with Crippen LogP contribution in [0.3, 0.4) is 0 Å². The number of carbonyl (C=O) groups excluding carboxylic acids is 2. The molecule has 11 heteroatoms. The van der Waals surface area contributed by atoms with E-state index in [9.17, 15) is 24.2 Å². The van der Waals surface area contributed by atoms with E-state index in [1.807, 2.05) is 0 Å². The number of esters is 1. The van der Waals surface area contributed by atoms with Gasteiger partial charge in [0.2, 0.25) is 5.91 Å². The molecule has 46 heavy (non-hydrogen) atoms. The van der Waals surface area contributed by atoms with Crippen molar-refractivity contribution in [3.8, 4) is 0 Å². The lowest BCUT2D eigenvalue weighted by Gasteiger charge is -2.45. The van der Waals surface area contributed by atoms with Crippen LogP contribution in [0.25, 0.3) is 0 Å². The fourth-order valence-corrected chi connectivity index (χ4v) is 7.61. The number of carbonyl (C=O) groups is 2. The quantitative estimate of drug-likeness (QED) is 0.0524. The van der Waals surface area contributed by atoms with Gasteiger partial charge in [0.1, 0.15) is 23.7 Å². The molecule has 0 aliphatic carbocycles. The van der Waals surface area contributed by atoms with Gasteiger partial charge < -0.3 is 30.3 Å². The summed E-state index contributed by atoms with van der Waals surface area (Å²) in [5.41, 5.74) is -0.735. The number of rotatable bonds is 23. The van der Waals surface area contributed by atoms with Crippen molar-refractivity contribution >= 4 is 35.2 Å². The molecule has 1 amide bonds. The Bertz CT molecular complexity index is 828. The maximum Gasteiger partial charge on any atom is 0.306 e. The summed E-state index contributed by atoms with van der Waals surface area (Å²) in [5, 5.41) is 27.8. The summed E-state index contributed by atoms with van der Waals surface area (Å²) in [6, 6.07) is -1.22. The average molecular weight is 695 g/mol. The Hall–Kier alpha value is -0.650. The van der Waals surface area contributed by atoms with E-state index < -0.39 is 53.3 Å². The van der Waals surface area contributed by atoms with Gasteiger partial charge in [0, 0.05) is 6.42 Å². The Labute approximate surface area is 287 Å². The summed E-state index contributed by atoms with van der Waals surface area (Å²) in [6.45, 7) is 4.29. The number of ether oxygens (including phenoxy) is 2. The molecule has 8 nitrogen and oxygen atoms in total. The van der Waals surface area contributed by atoms with Crippen molar-refractivity contribution < 1.29 is 33.7 Å². The van der Waals surface area contributed by atoms with E-state index in [1.54, 1.807) is 13.2 Å². The van der Waals surface area contributed by atoms with Gasteiger partial charge in [-0.25, -0.2) is 0 Å². The maximum absolute atomic E-state index is 13.3. The minimum atomic E-state index is -1.42. The van der Waals surface area contributed by atoms with Crippen molar-refractivity contribution in [3.05, 3.63) is 0 Å². The monoisotopic (exact) mass is 694 g/mol. The predicted molar refractivity (Wildman–Crippen MR) is 186 cm³/mol. The van der Waals surface area contributed by atoms with E-state index in [1.165, 1.54) is 76.0 Å². The smallest absolute Gasteiger partial charge is 0.306 e. The highest BCUT2D eigenvalue weighted by Gasteiger charge is 2.50. The third-order valence-corrected chi connectivity index (χ3v) is 10.7. The van der Waals surface area contributed by atoms with Crippen molar-refractivity contribution in [2.24, 2.45) is 5.92 Å². The standard InChI is InChI=1S/C35H64ClFN2O6S/c1-4-5-6-7-8-9-10-11-12-13-14-15-16-19-28(40)44-33-31(42)30(41)32(45-35(33)46-3)29(25(2)36)39-34(43)27-21-20-26(18-17-23-37)22-24-38-27/h25-27,29-33,35,38,41-42H,4-24H2,1-3H3,(H,39,43). The normalized spacial score (nSPS) is 28.3. The summed E-state index contributed by atoms with van der Waals surface area (Å²) in [5.74, 6) is -0.282. The first-order valence-electron chi connectivity index (χ1n) is 18.2. The first-order valence-corrected chi connectivity index (χ1v) is 19.9. The zero-order valence-corrected chi connectivity index (χ0v) is 30.3. The van der Waals surface area contributed by atoms with Crippen LogP contribution in [0.15, 0.2) is 0 Å². The second-order valence-electron chi connectivity index (χ2n) is 13.4. The summed E-state index contributed by atoms with van der Waals surface area (Å²) in [7, 11) is 0. The highest BCUT2D eigenvalue weighted by Crippen LogP contribution is 2.33. The Morgan fingerprint density at radius 2 is 1.57 bits per heavy atom. The average Bonchev–Trinajstić information content (AvgIpc) is 3.29. The van der Waals surface area contributed by atoms with Gasteiger partial charge >= 0.3 is 5.97 Å². The molecule has 0 radical (unpaired) electrons. The Kier molecular flexibility index (Phi) is 22.1. The van der Waals surface area contributed by atoms with Gasteiger partial charge in [-0.05, 0) is 64.2 Å². The Morgan fingerprint density at radius 3 is 2.13 bits per heavy atom. The molecule has 9 unspecified atom stereocenters. The van der Waals surface area contributed by atoms with Gasteiger partial charge in [0.15, 0.2) is 6.10 Å². The number of amides is 1. The lowest BCUT2D eigenvalue weighted by molar-refractivity contribution is -0.218. The zero-order valence-electron chi connectivity index (χ0n) is 28.7. The van der Waals surface area contributed by atoms with Gasteiger partial charge in [0.05, 0.1) is 24.1 Å². The molecule has 0 aromatic carbocycles. The molecule has 2 rings (SSSR count). The van der Waals surface area contributed by atoms with E-state index in [2.05, 4.69) is 17.6 Å². The first-order chi connectivity index (χ1) is 22.2. The molecule has 0 aromatic heterocycles. The molecule has 4 N–H and O–H groups in total. The fraction of sp³-hybridized carbons (Fsp3) is 0.943. The van der Waals surface area contributed by atoms with Crippen LogP contribution in [0.5, 0.6) is 0 Å². The molecule has 0 bridgehead atoms. The number of hydrogen-bond acceptors (Lipinski definition) is 8. The largest absolute Gasteiger partial charge is 0.456 e. The van der Waals surface area contributed by atoms with Crippen LogP contribution >= 0.6 is 23.4 Å². The molecular weight excluding hydrogens is 631 g/mol. The van der Waals surface area contributed by atoms with Crippen LogP contribution in [-0.4, -0.2) is 88.9 Å². The Morgan fingerprint density at radius 1 is 0.957 bits per heavy atom. The van der Waals surface area contributed by atoms with Gasteiger partial charge in [-0.1, -0.05) is 84.0 Å². The van der Waals surface area contributed by atoms with E-state index in [0.29, 0.717) is 25.3 Å². The maximum atomic E-state index is 13.3. The van der Waals surface area contributed by atoms with Crippen molar-refractivity contribution in [1.29, 1.82) is 0 Å². The molecule has 2 saturated heterocycles. The molecular formula is C35H64ClFN2O6S. The summed E-state index contributed by atoms with van der Waals surface area (Å²) >= 11 is 7.78. The van der Waals surface area contributed by atoms with Crippen LogP contribution in [0.1, 0.15) is 136 Å². The molecule has 2 heterocycles. The van der Waals surface area contributed by atoms with Gasteiger partial charge in [0.25, 0.3) is 0 Å². The third kappa shape index (κ3) is 15.3. The van der Waals surface area contributed by atoms with Crippen molar-refractivity contribution in [3.63, 3.8) is 0 Å². The number of alkyl halides is 2. The molecule has 0 spiro atoms. The molecule has 2 aliphatic rings. The van der Waals surface area contributed by atoms with Crippen molar-refractivity contribution in [2.75, 3.05) is 19.5 Å². The van der Waals surface area contributed by atoms with E-state index in [0.717, 1.165) is 38.5 Å². The zero-order chi connectivity index (χ0) is 33.7. The minimum Gasteiger partial charge on any atom is -0.456 e. The van der Waals surface area contributed by atoms with E-state index in [-0.39, 0.29) is 19.0 Å². The number of unbranched alkanes of at least 4 members (excludes halogenated alkanes) is 12. The topological polar surface area (TPSA) is 117 Å². The molecule has 9 atom stereocenters. The lowest BCUT2D eigenvalue weighted by Crippen LogP contribution is -2.65. The molecule has 2 aliphatic heterocycles. The van der Waals surface area contributed by atoms with Gasteiger partial charge in [-0.3, -0.25) is 14.0 Å². The second-order valence-corrected chi connectivity index (χ2v) is 15.0. The van der Waals surface area contributed by atoms with Crippen LogP contribution < -0.4 is 10.6 Å². The lowest BCUT2D eigenvalue weighted by atomic mass is 9.92. The summed E-state index contributed by atoms with van der Waals surface area (Å²) in [6.07, 6.45) is 16.7. The second kappa shape index (κ2) is 24.5. The van der Waals surface area contributed by atoms with Crippen LogP contribution in [0.2, 0.25) is 0 Å². The molecule has 270 valence electrons. The number of nitrogens with one attached hydrogen (secondary N) is 2. The van der Waals surface area contributed by atoms with E-state index >= 15 is 0 Å². The summed E-state index contributed by atoms with van der Waals surface area (Å²) < 4.78 is 24.5. The number of halogens is 2. The van der Waals surface area contributed by atoms with Crippen LogP contribution in [0, 0.1) is 5.92 Å². The number of aliphatic hydroxyl groups is 2. The predicted octanol–water partition coefficient (Wildman–Crippen LogP) is 6.81. The first kappa shape index (κ1) is 41.5. The van der Waals surface area contributed by atoms with E-state index in [4.69, 9.17) is 21.1 Å². The minimum absolute atomic E-state index is 0.249. The van der Waals surface area contributed by atoms with Crippen molar-refractivity contribution in [2.45, 2.75) is 183 Å². The summed E-state index contributed by atoms with van der Waals surface area (Å²) in [4.78, 5) is 26.0. The SMILES string of the molecule is CCCCCCCCCCCCCCCC(=O)OC1C(SC)OC(C(NC(=O)C2CCC(CCCF)CCN2)C(C)Cl)C(O)C1O. The highest BCUT2D eigenvalue weighted by molar-refractivity contribution is 7.99.